The van der Waals surface area contributed by atoms with E-state index in [0.29, 0.717) is 0 Å². The Bertz CT molecular complexity index is 358. The van der Waals surface area contributed by atoms with Crippen LogP contribution in [0.4, 0.5) is 0 Å². The summed E-state index contributed by atoms with van der Waals surface area (Å²) in [6.45, 7) is 6.10. The first-order valence-corrected chi connectivity index (χ1v) is 6.16. The molecular formula is C13H17BrO. The molecule has 0 bridgehead atoms. The van der Waals surface area contributed by atoms with Crippen molar-refractivity contribution in [3.8, 4) is 0 Å². The molecule has 0 spiro atoms. The van der Waals surface area contributed by atoms with Crippen LogP contribution in [0.5, 0.6) is 0 Å². The molecular weight excluding hydrogens is 252 g/mol. The zero-order chi connectivity index (χ0) is 11.4. The molecule has 1 unspecified atom stereocenters. The van der Waals surface area contributed by atoms with Crippen molar-refractivity contribution >= 4 is 21.7 Å². The number of benzene rings is 1. The molecule has 82 valence electrons. The largest absolute Gasteiger partial charge is 0.294 e. The minimum absolute atomic E-state index is 0.128. The first-order chi connectivity index (χ1) is 7.07. The lowest BCUT2D eigenvalue weighted by Crippen LogP contribution is -2.12. The van der Waals surface area contributed by atoms with Crippen molar-refractivity contribution in [3.63, 3.8) is 0 Å². The SMILES string of the molecule is CCCC(C)C(=O)c1cccc(Br)c1C. The fourth-order valence-corrected chi connectivity index (χ4v) is 2.07. The summed E-state index contributed by atoms with van der Waals surface area (Å²) in [5, 5.41) is 0. The van der Waals surface area contributed by atoms with E-state index in [0.717, 1.165) is 28.4 Å². The Labute approximate surface area is 100 Å². The van der Waals surface area contributed by atoms with Crippen molar-refractivity contribution in [1.29, 1.82) is 0 Å². The molecule has 0 aliphatic heterocycles. The second-order valence-electron chi connectivity index (χ2n) is 3.97. The zero-order valence-corrected chi connectivity index (χ0v) is 11.1. The fraction of sp³-hybridized carbons (Fsp3) is 0.462. The van der Waals surface area contributed by atoms with Gasteiger partial charge in [-0.25, -0.2) is 0 Å². The van der Waals surface area contributed by atoms with Crippen LogP contribution >= 0.6 is 15.9 Å². The molecule has 0 aliphatic rings. The highest BCUT2D eigenvalue weighted by atomic mass is 79.9. The van der Waals surface area contributed by atoms with Crippen LogP contribution in [0.25, 0.3) is 0 Å². The van der Waals surface area contributed by atoms with Gasteiger partial charge in [-0.15, -0.1) is 0 Å². The topological polar surface area (TPSA) is 17.1 Å². The molecule has 0 N–H and O–H groups in total. The highest BCUT2D eigenvalue weighted by molar-refractivity contribution is 9.10. The number of ketones is 1. The maximum absolute atomic E-state index is 12.1. The van der Waals surface area contributed by atoms with Gasteiger partial charge in [0.15, 0.2) is 5.78 Å². The number of Topliss-reactive ketones (excluding diaryl/α,β-unsaturated/α-hetero) is 1. The average molecular weight is 269 g/mol. The standard InChI is InChI=1S/C13H17BrO/c1-4-6-9(2)13(15)11-7-5-8-12(14)10(11)3/h5,7-9H,4,6H2,1-3H3. The van der Waals surface area contributed by atoms with Crippen LogP contribution in [-0.2, 0) is 0 Å². The molecule has 15 heavy (non-hydrogen) atoms. The molecule has 1 aromatic carbocycles. The Morgan fingerprint density at radius 2 is 2.13 bits per heavy atom. The van der Waals surface area contributed by atoms with E-state index in [1.165, 1.54) is 0 Å². The van der Waals surface area contributed by atoms with Crippen LogP contribution < -0.4 is 0 Å². The molecule has 0 fully saturated rings. The van der Waals surface area contributed by atoms with Crippen molar-refractivity contribution in [2.24, 2.45) is 5.92 Å². The van der Waals surface area contributed by atoms with Gasteiger partial charge in [0, 0.05) is 16.0 Å². The van der Waals surface area contributed by atoms with Crippen LogP contribution in [0.15, 0.2) is 22.7 Å². The third-order valence-electron chi connectivity index (χ3n) is 2.70. The Kier molecular flexibility index (Phi) is 4.52. The van der Waals surface area contributed by atoms with E-state index in [-0.39, 0.29) is 11.7 Å². The monoisotopic (exact) mass is 268 g/mol. The van der Waals surface area contributed by atoms with Gasteiger partial charge in [-0.05, 0) is 25.0 Å². The second-order valence-corrected chi connectivity index (χ2v) is 4.82. The van der Waals surface area contributed by atoms with Crippen molar-refractivity contribution in [1.82, 2.24) is 0 Å². The number of carbonyl (C=O) groups is 1. The van der Waals surface area contributed by atoms with Gasteiger partial charge in [0.25, 0.3) is 0 Å². The summed E-state index contributed by atoms with van der Waals surface area (Å²) in [5.74, 6) is 0.388. The quantitative estimate of drug-likeness (QED) is 0.741. The van der Waals surface area contributed by atoms with Gasteiger partial charge in [0.2, 0.25) is 0 Å². The molecule has 0 saturated heterocycles. The normalized spacial score (nSPS) is 12.5. The predicted octanol–water partition coefficient (Wildman–Crippen LogP) is 4.38. The third-order valence-corrected chi connectivity index (χ3v) is 3.56. The number of hydrogen-bond donors (Lipinski definition) is 0. The molecule has 0 radical (unpaired) electrons. The summed E-state index contributed by atoms with van der Waals surface area (Å²) in [6, 6.07) is 5.80. The Morgan fingerprint density at radius 1 is 1.47 bits per heavy atom. The molecule has 1 nitrogen and oxygen atoms in total. The number of hydrogen-bond acceptors (Lipinski definition) is 1. The van der Waals surface area contributed by atoms with Crippen LogP contribution in [0.1, 0.15) is 42.6 Å². The van der Waals surface area contributed by atoms with Gasteiger partial charge < -0.3 is 0 Å². The Hall–Kier alpha value is -0.630. The van der Waals surface area contributed by atoms with Gasteiger partial charge >= 0.3 is 0 Å². The molecule has 1 rings (SSSR count). The number of halogens is 1. The van der Waals surface area contributed by atoms with Crippen molar-refractivity contribution in [2.75, 3.05) is 0 Å². The minimum Gasteiger partial charge on any atom is -0.294 e. The van der Waals surface area contributed by atoms with Gasteiger partial charge in [0.1, 0.15) is 0 Å². The van der Waals surface area contributed by atoms with E-state index < -0.39 is 0 Å². The fourth-order valence-electron chi connectivity index (χ4n) is 1.70. The van der Waals surface area contributed by atoms with Crippen molar-refractivity contribution in [3.05, 3.63) is 33.8 Å². The van der Waals surface area contributed by atoms with Gasteiger partial charge in [-0.2, -0.15) is 0 Å². The summed E-state index contributed by atoms with van der Waals surface area (Å²) in [5.41, 5.74) is 1.90. The van der Waals surface area contributed by atoms with E-state index in [1.54, 1.807) is 0 Å². The van der Waals surface area contributed by atoms with E-state index in [4.69, 9.17) is 0 Å². The van der Waals surface area contributed by atoms with Gasteiger partial charge in [-0.3, -0.25) is 4.79 Å². The van der Waals surface area contributed by atoms with E-state index in [2.05, 4.69) is 22.9 Å². The molecule has 1 aromatic rings. The smallest absolute Gasteiger partial charge is 0.165 e. The van der Waals surface area contributed by atoms with Crippen molar-refractivity contribution < 1.29 is 4.79 Å². The van der Waals surface area contributed by atoms with Crippen LogP contribution in [0.2, 0.25) is 0 Å². The first kappa shape index (κ1) is 12.4. The van der Waals surface area contributed by atoms with Crippen LogP contribution in [0, 0.1) is 12.8 Å². The molecule has 2 heteroatoms. The minimum atomic E-state index is 0.128. The van der Waals surface area contributed by atoms with Gasteiger partial charge in [0.05, 0.1) is 0 Å². The van der Waals surface area contributed by atoms with Crippen LogP contribution in [-0.4, -0.2) is 5.78 Å². The summed E-state index contributed by atoms with van der Waals surface area (Å²) >= 11 is 3.45. The Balaban J connectivity index is 2.96. The highest BCUT2D eigenvalue weighted by Crippen LogP contribution is 2.23. The van der Waals surface area contributed by atoms with E-state index in [9.17, 15) is 4.79 Å². The molecule has 0 saturated carbocycles. The summed E-state index contributed by atoms with van der Waals surface area (Å²) in [7, 11) is 0. The lowest BCUT2D eigenvalue weighted by Gasteiger charge is -2.11. The van der Waals surface area contributed by atoms with E-state index >= 15 is 0 Å². The van der Waals surface area contributed by atoms with Crippen molar-refractivity contribution in [2.45, 2.75) is 33.6 Å². The third kappa shape index (κ3) is 2.91. The first-order valence-electron chi connectivity index (χ1n) is 5.37. The summed E-state index contributed by atoms with van der Waals surface area (Å²) in [4.78, 5) is 12.1. The summed E-state index contributed by atoms with van der Waals surface area (Å²) < 4.78 is 1.01. The molecule has 0 aliphatic carbocycles. The molecule has 1 atom stereocenters. The summed E-state index contributed by atoms with van der Waals surface area (Å²) in [6.07, 6.45) is 2.02. The lowest BCUT2D eigenvalue weighted by molar-refractivity contribution is 0.0923. The molecule has 0 aromatic heterocycles. The predicted molar refractivity (Wildman–Crippen MR) is 67.3 cm³/mol. The molecule has 0 amide bonds. The maximum atomic E-state index is 12.1. The number of rotatable bonds is 4. The average Bonchev–Trinajstić information content (AvgIpc) is 2.21. The molecule has 0 heterocycles. The van der Waals surface area contributed by atoms with Crippen LogP contribution in [0.3, 0.4) is 0 Å². The van der Waals surface area contributed by atoms with E-state index in [1.807, 2.05) is 32.0 Å². The Morgan fingerprint density at radius 3 is 2.73 bits per heavy atom. The zero-order valence-electron chi connectivity index (χ0n) is 9.51. The lowest BCUT2D eigenvalue weighted by atomic mass is 9.93. The highest BCUT2D eigenvalue weighted by Gasteiger charge is 2.16. The number of carbonyl (C=O) groups excluding carboxylic acids is 1. The maximum Gasteiger partial charge on any atom is 0.165 e. The second kappa shape index (κ2) is 5.45. The van der Waals surface area contributed by atoms with Gasteiger partial charge in [-0.1, -0.05) is 48.3 Å².